The molecule has 5 aliphatic rings. The molecule has 240 valence electrons. The highest BCUT2D eigenvalue weighted by molar-refractivity contribution is 7.16. The molecule has 0 saturated carbocycles. The number of hydrogen-bond acceptors (Lipinski definition) is 12. The number of nitrogens with zero attached hydrogens (tertiary/aromatic N) is 8. The van der Waals surface area contributed by atoms with Crippen LogP contribution in [-0.2, 0) is 18.3 Å². The van der Waals surface area contributed by atoms with E-state index in [1.165, 1.54) is 4.88 Å². The summed E-state index contributed by atoms with van der Waals surface area (Å²) >= 11 is 1.55. The number of nitriles is 1. The molecule has 2 aliphatic carbocycles. The number of hydrogen-bond donors (Lipinski definition) is 2. The van der Waals surface area contributed by atoms with Gasteiger partial charge < -0.3 is 29.9 Å². The van der Waals surface area contributed by atoms with Gasteiger partial charge in [-0.3, -0.25) is 0 Å². The van der Waals surface area contributed by atoms with Crippen LogP contribution in [0.15, 0.2) is 4.52 Å². The van der Waals surface area contributed by atoms with Crippen molar-refractivity contribution in [1.82, 2.24) is 29.8 Å². The average Bonchev–Trinajstić information content (AvgIpc) is 3.82. The Hall–Kier alpha value is -3.73. The minimum absolute atomic E-state index is 0.0636. The van der Waals surface area contributed by atoms with Crippen LogP contribution in [0.2, 0.25) is 0 Å². The summed E-state index contributed by atoms with van der Waals surface area (Å²) in [6.07, 6.45) is 8.81. The lowest BCUT2D eigenvalue weighted by molar-refractivity contribution is 0.130. The van der Waals surface area contributed by atoms with Gasteiger partial charge in [0.05, 0.1) is 29.2 Å². The van der Waals surface area contributed by atoms with Crippen molar-refractivity contribution in [3.05, 3.63) is 27.3 Å². The Labute approximate surface area is 271 Å². The quantitative estimate of drug-likeness (QED) is 0.328. The van der Waals surface area contributed by atoms with Crippen molar-refractivity contribution in [2.24, 2.45) is 0 Å². The molecule has 46 heavy (non-hydrogen) atoms. The van der Waals surface area contributed by atoms with Crippen molar-refractivity contribution in [1.29, 1.82) is 5.26 Å². The fraction of sp³-hybridized carbons (Fsp3) is 0.606. The number of thiophene rings is 1. The van der Waals surface area contributed by atoms with Gasteiger partial charge in [0.1, 0.15) is 28.9 Å². The van der Waals surface area contributed by atoms with Gasteiger partial charge in [-0.15, -0.1) is 16.4 Å². The van der Waals surface area contributed by atoms with Crippen LogP contribution in [0.5, 0.6) is 5.88 Å². The molecule has 0 aromatic carbocycles. The van der Waals surface area contributed by atoms with E-state index in [4.69, 9.17) is 35.2 Å². The van der Waals surface area contributed by atoms with Crippen LogP contribution >= 0.6 is 11.3 Å². The molecule has 2 saturated heterocycles. The van der Waals surface area contributed by atoms with Crippen molar-refractivity contribution >= 4 is 33.2 Å². The standard InChI is InChI=1S/C33H39N9O3S/c1-17(22-7-5-13-40(22)2)42-31-24-30(41-15-19(43)10-9-18(41)16-44-32(24)38-42)36-29(37-31)26-20-6-3-11-33(27(20)45-39-26)12-4-8-23-25(33)21(14-34)28(35)46-23/h17-19,22,43H,3-13,15-16,35H2,1-2H3. The number of rotatable bonds is 3. The van der Waals surface area contributed by atoms with E-state index < -0.39 is 11.5 Å². The van der Waals surface area contributed by atoms with Gasteiger partial charge in [0.15, 0.2) is 22.9 Å². The first-order valence-electron chi connectivity index (χ1n) is 16.8. The van der Waals surface area contributed by atoms with Gasteiger partial charge in [-0.05, 0) is 90.3 Å². The normalized spacial score (nSPS) is 28.0. The first kappa shape index (κ1) is 28.5. The topological polar surface area (TPSA) is 155 Å². The van der Waals surface area contributed by atoms with Crippen molar-refractivity contribution in [3.8, 4) is 23.5 Å². The van der Waals surface area contributed by atoms with Gasteiger partial charge in [-0.25, -0.2) is 14.6 Å². The number of aliphatic hydroxyl groups excluding tert-OH is 1. The molecule has 4 aromatic heterocycles. The third-order valence-corrected chi connectivity index (χ3v) is 12.5. The molecule has 13 heteroatoms. The van der Waals surface area contributed by atoms with Crippen LogP contribution < -0.4 is 15.4 Å². The van der Waals surface area contributed by atoms with Crippen molar-refractivity contribution in [2.75, 3.05) is 37.4 Å². The van der Waals surface area contributed by atoms with Crippen molar-refractivity contribution < 1.29 is 14.4 Å². The summed E-state index contributed by atoms with van der Waals surface area (Å²) < 4.78 is 14.8. The highest BCUT2D eigenvalue weighted by atomic mass is 32.1. The molecule has 0 bridgehead atoms. The van der Waals surface area contributed by atoms with E-state index in [1.807, 2.05) is 4.68 Å². The van der Waals surface area contributed by atoms with E-state index in [2.05, 4.69) is 29.8 Å². The Kier molecular flexibility index (Phi) is 6.43. The van der Waals surface area contributed by atoms with Crippen LogP contribution in [0.4, 0.5) is 10.8 Å². The Bertz CT molecular complexity index is 1900. The molecule has 1 spiro atoms. The smallest absolute Gasteiger partial charge is 0.246 e. The largest absolute Gasteiger partial charge is 0.474 e. The van der Waals surface area contributed by atoms with Crippen LogP contribution in [0.25, 0.3) is 22.6 Å². The van der Waals surface area contributed by atoms with E-state index in [-0.39, 0.29) is 12.1 Å². The van der Waals surface area contributed by atoms with Crippen molar-refractivity contribution in [2.45, 2.75) is 101 Å². The second-order valence-electron chi connectivity index (χ2n) is 14.0. The summed E-state index contributed by atoms with van der Waals surface area (Å²) in [6, 6.07) is 2.89. The van der Waals surface area contributed by atoms with E-state index in [1.54, 1.807) is 11.3 Å². The lowest BCUT2D eigenvalue weighted by Gasteiger charge is -2.39. The number of aliphatic hydroxyl groups is 1. The average molecular weight is 642 g/mol. The second-order valence-corrected chi connectivity index (χ2v) is 15.1. The summed E-state index contributed by atoms with van der Waals surface area (Å²) in [5, 5.41) is 32.1. The van der Waals surface area contributed by atoms with Crippen LogP contribution in [0.1, 0.15) is 91.7 Å². The zero-order chi connectivity index (χ0) is 31.3. The molecule has 7 heterocycles. The van der Waals surface area contributed by atoms with Gasteiger partial charge in [0.2, 0.25) is 5.88 Å². The van der Waals surface area contributed by atoms with Crippen LogP contribution in [0.3, 0.4) is 0 Å². The van der Waals surface area contributed by atoms with Crippen LogP contribution in [-0.4, -0.2) is 79.8 Å². The number of likely N-dealkylation sites (N-methyl/N-ethyl adjacent to an activating group) is 1. The molecule has 12 nitrogen and oxygen atoms in total. The lowest BCUT2D eigenvalue weighted by atomic mass is 9.63. The zero-order valence-electron chi connectivity index (χ0n) is 26.3. The summed E-state index contributed by atoms with van der Waals surface area (Å²) in [6.45, 7) is 4.24. The van der Waals surface area contributed by atoms with E-state index in [9.17, 15) is 10.4 Å². The van der Waals surface area contributed by atoms with E-state index in [0.717, 1.165) is 104 Å². The fourth-order valence-corrected chi connectivity index (χ4v) is 10.4. The Morgan fingerprint density at radius 2 is 2.00 bits per heavy atom. The Morgan fingerprint density at radius 1 is 1.15 bits per heavy atom. The third-order valence-electron chi connectivity index (χ3n) is 11.5. The number of piperidine rings is 1. The van der Waals surface area contributed by atoms with E-state index in [0.29, 0.717) is 47.2 Å². The van der Waals surface area contributed by atoms with Crippen LogP contribution in [0, 0.1) is 11.3 Å². The van der Waals surface area contributed by atoms with Gasteiger partial charge in [0.25, 0.3) is 0 Å². The van der Waals surface area contributed by atoms with E-state index >= 15 is 0 Å². The van der Waals surface area contributed by atoms with Crippen molar-refractivity contribution in [3.63, 3.8) is 0 Å². The molecule has 0 amide bonds. The minimum atomic E-state index is -0.445. The summed E-state index contributed by atoms with van der Waals surface area (Å²) in [5.74, 6) is 2.64. The molecule has 4 aromatic rings. The second kappa shape index (κ2) is 10.4. The summed E-state index contributed by atoms with van der Waals surface area (Å²) in [7, 11) is 2.18. The Morgan fingerprint density at radius 3 is 2.80 bits per heavy atom. The molecule has 5 unspecified atom stereocenters. The maximum absolute atomic E-state index is 10.8. The summed E-state index contributed by atoms with van der Waals surface area (Å²) in [4.78, 5) is 16.3. The number of fused-ring (bicyclic) bond motifs is 6. The predicted octanol–water partition coefficient (Wildman–Crippen LogP) is 4.33. The number of nitrogens with two attached hydrogens (primary N) is 1. The zero-order valence-corrected chi connectivity index (χ0v) is 27.1. The lowest BCUT2D eigenvalue weighted by Crippen LogP contribution is -2.48. The summed E-state index contributed by atoms with van der Waals surface area (Å²) in [5.41, 5.74) is 10.0. The Balaban J connectivity index is 1.24. The van der Waals surface area contributed by atoms with Gasteiger partial charge in [-0.1, -0.05) is 5.16 Å². The first-order valence-corrected chi connectivity index (χ1v) is 17.6. The molecule has 2 fully saturated rings. The molecular weight excluding hydrogens is 602 g/mol. The van der Waals surface area contributed by atoms with Gasteiger partial charge in [0, 0.05) is 23.0 Å². The molecule has 3 aliphatic heterocycles. The maximum atomic E-state index is 10.8. The number of anilines is 2. The number of aryl methyl sites for hydroxylation is 1. The SMILES string of the molecule is CC(C1CCCN1C)n1nc2c3c(nc(-c4noc5c4CCCC54CCCc5sc(N)c(C#N)c54)nc31)N1CC(O)CCC1CO2. The molecule has 9 rings (SSSR count). The minimum Gasteiger partial charge on any atom is -0.474 e. The highest BCUT2D eigenvalue weighted by Crippen LogP contribution is 2.55. The third kappa shape index (κ3) is 3.96. The highest BCUT2D eigenvalue weighted by Gasteiger charge is 2.49. The van der Waals surface area contributed by atoms with Gasteiger partial charge in [-0.2, -0.15) is 5.26 Å². The number of aromatic nitrogens is 5. The molecule has 0 radical (unpaired) electrons. The molecular formula is C33H39N9O3S. The molecule has 5 atom stereocenters. The van der Waals surface area contributed by atoms with Gasteiger partial charge >= 0.3 is 0 Å². The number of ether oxygens (including phenoxy) is 1. The monoisotopic (exact) mass is 641 g/mol. The molecule has 3 N–H and O–H groups in total. The predicted molar refractivity (Wildman–Crippen MR) is 173 cm³/mol. The first-order chi connectivity index (χ1) is 22.4. The number of nitrogen functional groups attached to an aromatic ring is 1. The fourth-order valence-electron chi connectivity index (χ4n) is 9.23. The maximum Gasteiger partial charge on any atom is 0.246 e. The number of likely N-dealkylation sites (tertiary alicyclic amines) is 1.